The number of nitrogens with one attached hydrogen (secondary N) is 2. The molecule has 1 unspecified atom stereocenters. The van der Waals surface area contributed by atoms with Crippen molar-refractivity contribution in [3.63, 3.8) is 0 Å². The molecule has 0 aromatic heterocycles. The van der Waals surface area contributed by atoms with Crippen LogP contribution in [0.1, 0.15) is 24.9 Å². The average Bonchev–Trinajstić information content (AvgIpc) is 2.49. The van der Waals surface area contributed by atoms with Crippen molar-refractivity contribution < 1.29 is 9.53 Å². The third kappa shape index (κ3) is 7.81. The zero-order chi connectivity index (χ0) is 16.1. The highest BCUT2D eigenvalue weighted by molar-refractivity contribution is 5.82. The van der Waals surface area contributed by atoms with Gasteiger partial charge in [-0.15, -0.1) is 12.8 Å². The predicted octanol–water partition coefficient (Wildman–Crippen LogP) is 2.25. The van der Waals surface area contributed by atoms with Crippen molar-refractivity contribution in [2.75, 3.05) is 13.7 Å². The molecule has 1 fully saturated rings. The van der Waals surface area contributed by atoms with Crippen LogP contribution in [-0.4, -0.2) is 25.7 Å². The highest BCUT2D eigenvalue weighted by Gasteiger charge is 2.18. The molecule has 0 radical (unpaired) electrons. The minimum Gasteiger partial charge on any atom is -0.382 e. The third-order valence-electron chi connectivity index (χ3n) is 2.75. The summed E-state index contributed by atoms with van der Waals surface area (Å²) in [5.41, 5.74) is 1.21. The molecule has 1 saturated heterocycles. The van der Waals surface area contributed by atoms with Gasteiger partial charge in [-0.2, -0.15) is 0 Å². The van der Waals surface area contributed by atoms with Crippen LogP contribution in [0.2, 0.25) is 0 Å². The van der Waals surface area contributed by atoms with E-state index < -0.39 is 0 Å². The number of methoxy groups -OCH3 is 1. The van der Waals surface area contributed by atoms with Gasteiger partial charge in [0, 0.05) is 19.6 Å². The molecule has 1 heterocycles. The number of β-lactam (4-membered cyclic amide) rings is 1. The Morgan fingerprint density at radius 2 is 2.05 bits per heavy atom. The lowest BCUT2D eigenvalue weighted by molar-refractivity contribution is -0.127. The number of terminal acetylenes is 1. The van der Waals surface area contributed by atoms with Crippen LogP contribution in [0.3, 0.4) is 0 Å². The Bertz CT molecular complexity index is 421. The summed E-state index contributed by atoms with van der Waals surface area (Å²) >= 11 is 0. The minimum absolute atomic E-state index is 0.183. The lowest BCUT2D eigenvalue weighted by atomic mass is 10.1. The molecule has 1 aromatic carbocycles. The Kier molecular flexibility index (Phi) is 10.3. The Morgan fingerprint density at radius 1 is 1.48 bits per heavy atom. The summed E-state index contributed by atoms with van der Waals surface area (Å²) in [4.78, 5) is 10.00. The van der Waals surface area contributed by atoms with E-state index in [9.17, 15) is 4.79 Å². The van der Waals surface area contributed by atoms with Crippen LogP contribution in [0.25, 0.3) is 0 Å². The van der Waals surface area contributed by atoms with E-state index in [-0.39, 0.29) is 11.9 Å². The second-order valence-corrected chi connectivity index (χ2v) is 4.46. The Balaban J connectivity index is 0.000000416. The van der Waals surface area contributed by atoms with Crippen LogP contribution in [0, 0.1) is 12.8 Å². The van der Waals surface area contributed by atoms with Gasteiger partial charge in [0.15, 0.2) is 0 Å². The van der Waals surface area contributed by atoms with Crippen LogP contribution < -0.4 is 10.6 Å². The van der Waals surface area contributed by atoms with Crippen LogP contribution in [0.5, 0.6) is 0 Å². The third-order valence-corrected chi connectivity index (χ3v) is 2.75. The highest BCUT2D eigenvalue weighted by atomic mass is 16.5. The van der Waals surface area contributed by atoms with Gasteiger partial charge < -0.3 is 15.4 Å². The summed E-state index contributed by atoms with van der Waals surface area (Å²) in [7, 11) is 1.70. The second-order valence-electron chi connectivity index (χ2n) is 4.46. The summed E-state index contributed by atoms with van der Waals surface area (Å²) in [5, 5.41) is 5.81. The van der Waals surface area contributed by atoms with E-state index in [0.717, 1.165) is 6.42 Å². The maximum absolute atomic E-state index is 10.00. The number of ether oxygens (including phenoxy) is 1. The quantitative estimate of drug-likeness (QED) is 0.645. The number of carbonyl (C=O) groups excluding carboxylic acids is 1. The SMILES string of the molecule is C#C.C=CN[C@H](COC)c1ccccc1.CC1CC(=O)N1. The Morgan fingerprint density at radius 3 is 2.38 bits per heavy atom. The van der Waals surface area contributed by atoms with E-state index in [1.54, 1.807) is 13.3 Å². The number of carbonyl (C=O) groups is 1. The number of amides is 1. The molecule has 1 amide bonds. The molecule has 2 atom stereocenters. The first-order chi connectivity index (χ1) is 10.2. The Hall–Kier alpha value is -2.25. The van der Waals surface area contributed by atoms with E-state index >= 15 is 0 Å². The first kappa shape index (κ1) is 18.8. The number of benzene rings is 1. The van der Waals surface area contributed by atoms with E-state index in [0.29, 0.717) is 12.6 Å². The standard InChI is InChI=1S/C11H15NO.C4H7NO.C2H2/c1-3-12-11(9-13-2)10-7-5-4-6-8-10;1-3-2-4(6)5-3;1-2/h3-8,11-12H,1,9H2,2H3;3H,2H2,1H3,(H,5,6);1-2H/t11-;;/m1../s1. The smallest absolute Gasteiger partial charge is 0.222 e. The molecule has 0 bridgehead atoms. The molecule has 0 spiro atoms. The van der Waals surface area contributed by atoms with Crippen molar-refractivity contribution in [3.05, 3.63) is 48.7 Å². The molecule has 4 heteroatoms. The van der Waals surface area contributed by atoms with Crippen molar-refractivity contribution in [3.8, 4) is 12.8 Å². The minimum atomic E-state index is 0.183. The zero-order valence-corrected chi connectivity index (χ0v) is 12.7. The van der Waals surface area contributed by atoms with Crippen LogP contribution in [-0.2, 0) is 9.53 Å². The molecular weight excluding hydrogens is 264 g/mol. The lowest BCUT2D eigenvalue weighted by Gasteiger charge is -2.21. The molecule has 2 rings (SSSR count). The van der Waals surface area contributed by atoms with E-state index in [4.69, 9.17) is 4.74 Å². The molecule has 2 N–H and O–H groups in total. The fourth-order valence-corrected chi connectivity index (χ4v) is 1.77. The molecule has 0 saturated carbocycles. The van der Waals surface area contributed by atoms with Gasteiger partial charge in [-0.3, -0.25) is 4.79 Å². The van der Waals surface area contributed by atoms with Crippen molar-refractivity contribution in [1.29, 1.82) is 0 Å². The summed E-state index contributed by atoms with van der Waals surface area (Å²) in [6.07, 6.45) is 10.4. The molecule has 4 nitrogen and oxygen atoms in total. The van der Waals surface area contributed by atoms with Gasteiger partial charge in [-0.05, 0) is 18.7 Å². The summed E-state index contributed by atoms with van der Waals surface area (Å²) < 4.78 is 5.10. The van der Waals surface area contributed by atoms with E-state index in [1.807, 2.05) is 25.1 Å². The van der Waals surface area contributed by atoms with Gasteiger partial charge in [-0.1, -0.05) is 36.9 Å². The summed E-state index contributed by atoms with van der Waals surface area (Å²) in [5.74, 6) is 0.183. The maximum atomic E-state index is 10.00. The molecule has 1 aromatic rings. The Labute approximate surface area is 127 Å². The highest BCUT2D eigenvalue weighted by Crippen LogP contribution is 2.12. The molecule has 21 heavy (non-hydrogen) atoms. The second kappa shape index (κ2) is 11.6. The van der Waals surface area contributed by atoms with Crippen molar-refractivity contribution in [2.24, 2.45) is 0 Å². The fraction of sp³-hybridized carbons (Fsp3) is 0.353. The summed E-state index contributed by atoms with van der Waals surface area (Å²) in [6.45, 7) is 6.28. The number of rotatable bonds is 5. The van der Waals surface area contributed by atoms with Crippen molar-refractivity contribution in [1.82, 2.24) is 10.6 Å². The normalized spacial score (nSPS) is 16.6. The maximum Gasteiger partial charge on any atom is 0.222 e. The van der Waals surface area contributed by atoms with Gasteiger partial charge in [0.1, 0.15) is 0 Å². The van der Waals surface area contributed by atoms with Crippen LogP contribution >= 0.6 is 0 Å². The molecular formula is C17H24N2O2. The molecule has 0 aliphatic carbocycles. The van der Waals surface area contributed by atoms with Gasteiger partial charge >= 0.3 is 0 Å². The number of hydrogen-bond acceptors (Lipinski definition) is 3. The van der Waals surface area contributed by atoms with E-state index in [1.165, 1.54) is 5.56 Å². The molecule has 1 aliphatic rings. The van der Waals surface area contributed by atoms with Gasteiger partial charge in [-0.25, -0.2) is 0 Å². The van der Waals surface area contributed by atoms with Gasteiger partial charge in [0.05, 0.1) is 12.6 Å². The average molecular weight is 288 g/mol. The van der Waals surface area contributed by atoms with Gasteiger partial charge in [0.2, 0.25) is 5.91 Å². The monoisotopic (exact) mass is 288 g/mol. The summed E-state index contributed by atoms with van der Waals surface area (Å²) in [6, 6.07) is 10.8. The van der Waals surface area contributed by atoms with E-state index in [2.05, 4.69) is 42.2 Å². The topological polar surface area (TPSA) is 50.4 Å². The first-order valence-corrected chi connectivity index (χ1v) is 6.71. The van der Waals surface area contributed by atoms with Crippen molar-refractivity contribution >= 4 is 5.91 Å². The first-order valence-electron chi connectivity index (χ1n) is 6.71. The lowest BCUT2D eigenvalue weighted by Crippen LogP contribution is -2.46. The molecule has 114 valence electrons. The molecule has 1 aliphatic heterocycles. The number of hydrogen-bond donors (Lipinski definition) is 2. The van der Waals surface area contributed by atoms with Crippen LogP contribution in [0.15, 0.2) is 43.1 Å². The zero-order valence-electron chi connectivity index (χ0n) is 12.7. The fourth-order valence-electron chi connectivity index (χ4n) is 1.77. The van der Waals surface area contributed by atoms with Crippen LogP contribution in [0.4, 0.5) is 0 Å². The largest absolute Gasteiger partial charge is 0.382 e. The van der Waals surface area contributed by atoms with Crippen molar-refractivity contribution in [2.45, 2.75) is 25.4 Å². The van der Waals surface area contributed by atoms with Gasteiger partial charge in [0.25, 0.3) is 0 Å². The predicted molar refractivity (Wildman–Crippen MR) is 86.5 cm³/mol.